The van der Waals surface area contributed by atoms with E-state index in [1.165, 1.54) is 31.7 Å². The van der Waals surface area contributed by atoms with Crippen LogP contribution in [-0.2, 0) is 0 Å². The smallest absolute Gasteiger partial charge is 0.0355 e. The van der Waals surface area contributed by atoms with Gasteiger partial charge in [-0.05, 0) is 36.9 Å². The second kappa shape index (κ2) is 4.01. The molecule has 0 fully saturated rings. The average Bonchev–Trinajstić information content (AvgIpc) is 2.71. The van der Waals surface area contributed by atoms with Gasteiger partial charge in [0.15, 0.2) is 0 Å². The van der Waals surface area contributed by atoms with Gasteiger partial charge in [-0.1, -0.05) is 47.5 Å². The Balaban J connectivity index is 2.20. The zero-order chi connectivity index (χ0) is 11.8. The van der Waals surface area contributed by atoms with Crippen LogP contribution < -0.4 is 0 Å². The summed E-state index contributed by atoms with van der Waals surface area (Å²) < 4.78 is 1.36. The first-order valence-corrected chi connectivity index (χ1v) is 6.61. The molecule has 1 heteroatoms. The molecule has 0 bridgehead atoms. The van der Waals surface area contributed by atoms with Crippen LogP contribution in [0.4, 0.5) is 0 Å². The number of rotatable bonds is 1. The van der Waals surface area contributed by atoms with Crippen molar-refractivity contribution < 1.29 is 0 Å². The number of hydrogen-bond donors (Lipinski definition) is 0. The molecular weight excluding hydrogens is 224 g/mol. The summed E-state index contributed by atoms with van der Waals surface area (Å²) in [6.07, 6.45) is 0. The van der Waals surface area contributed by atoms with Gasteiger partial charge in [-0.15, -0.1) is 11.3 Å². The third kappa shape index (κ3) is 1.98. The summed E-state index contributed by atoms with van der Waals surface area (Å²) >= 11 is 1.87. The van der Waals surface area contributed by atoms with Crippen molar-refractivity contribution in [1.82, 2.24) is 0 Å². The summed E-state index contributed by atoms with van der Waals surface area (Å²) in [5.41, 5.74) is 4.00. The van der Waals surface area contributed by atoms with Crippen LogP contribution in [0, 0.1) is 13.8 Å². The lowest BCUT2D eigenvalue weighted by Gasteiger charge is -2.01. The van der Waals surface area contributed by atoms with Crippen LogP contribution in [0.25, 0.3) is 20.5 Å². The number of benzene rings is 2. The normalized spacial score (nSPS) is 10.9. The van der Waals surface area contributed by atoms with Crippen LogP contribution in [0.2, 0.25) is 0 Å². The fraction of sp³-hybridized carbons (Fsp3) is 0.125. The van der Waals surface area contributed by atoms with Crippen molar-refractivity contribution in [3.05, 3.63) is 59.7 Å². The van der Waals surface area contributed by atoms with E-state index < -0.39 is 0 Å². The molecule has 0 amide bonds. The van der Waals surface area contributed by atoms with E-state index in [4.69, 9.17) is 0 Å². The first-order valence-electron chi connectivity index (χ1n) is 5.79. The highest BCUT2D eigenvalue weighted by Gasteiger charge is 2.04. The Labute approximate surface area is 106 Å². The molecule has 1 aromatic heterocycles. The van der Waals surface area contributed by atoms with E-state index in [-0.39, 0.29) is 0 Å². The summed E-state index contributed by atoms with van der Waals surface area (Å²) in [5, 5.41) is 1.34. The van der Waals surface area contributed by atoms with Gasteiger partial charge in [-0.3, -0.25) is 0 Å². The predicted octanol–water partition coefficient (Wildman–Crippen LogP) is 5.19. The lowest BCUT2D eigenvalue weighted by Crippen LogP contribution is -1.79. The van der Waals surface area contributed by atoms with Crippen molar-refractivity contribution >= 4 is 21.4 Å². The molecular formula is C16H14S. The average molecular weight is 238 g/mol. The molecule has 1 heterocycles. The molecule has 3 aromatic rings. The lowest BCUT2D eigenvalue weighted by molar-refractivity contribution is 1.39. The summed E-state index contributed by atoms with van der Waals surface area (Å²) in [5.74, 6) is 0. The van der Waals surface area contributed by atoms with Gasteiger partial charge in [0, 0.05) is 9.58 Å². The molecule has 0 saturated heterocycles. The molecule has 0 aliphatic rings. The maximum absolute atomic E-state index is 2.29. The molecule has 3 rings (SSSR count). The van der Waals surface area contributed by atoms with Crippen molar-refractivity contribution in [2.45, 2.75) is 13.8 Å². The maximum atomic E-state index is 2.29. The molecule has 0 aliphatic heterocycles. The summed E-state index contributed by atoms with van der Waals surface area (Å²) in [4.78, 5) is 1.36. The Morgan fingerprint density at radius 3 is 2.24 bits per heavy atom. The van der Waals surface area contributed by atoms with Crippen molar-refractivity contribution in [1.29, 1.82) is 0 Å². The minimum absolute atomic E-state index is 1.33. The molecule has 0 spiro atoms. The van der Waals surface area contributed by atoms with Gasteiger partial charge >= 0.3 is 0 Å². The van der Waals surface area contributed by atoms with E-state index in [2.05, 4.69) is 62.4 Å². The van der Waals surface area contributed by atoms with E-state index in [1.54, 1.807) is 0 Å². The minimum atomic E-state index is 1.33. The highest BCUT2D eigenvalue weighted by Crippen LogP contribution is 2.34. The van der Waals surface area contributed by atoms with Gasteiger partial charge in [-0.25, -0.2) is 0 Å². The molecule has 84 valence electrons. The van der Waals surface area contributed by atoms with Gasteiger partial charge in [0.25, 0.3) is 0 Å². The van der Waals surface area contributed by atoms with Gasteiger partial charge < -0.3 is 0 Å². The molecule has 0 unspecified atom stereocenters. The van der Waals surface area contributed by atoms with E-state index in [1.807, 2.05) is 11.3 Å². The fourth-order valence-corrected chi connectivity index (χ4v) is 3.29. The number of aryl methyl sites for hydroxylation is 2. The molecule has 0 N–H and O–H groups in total. The quantitative estimate of drug-likeness (QED) is 0.547. The molecule has 0 radical (unpaired) electrons. The number of hydrogen-bond acceptors (Lipinski definition) is 1. The molecule has 0 saturated carbocycles. The largest absolute Gasteiger partial charge is 0.135 e. The van der Waals surface area contributed by atoms with Gasteiger partial charge in [0.2, 0.25) is 0 Å². The maximum Gasteiger partial charge on any atom is 0.0355 e. The van der Waals surface area contributed by atoms with Crippen molar-refractivity contribution in [3.63, 3.8) is 0 Å². The van der Waals surface area contributed by atoms with Crippen LogP contribution in [0.5, 0.6) is 0 Å². The first-order chi connectivity index (χ1) is 8.22. The Bertz CT molecular complexity index is 624. The summed E-state index contributed by atoms with van der Waals surface area (Å²) in [6.45, 7) is 4.31. The Kier molecular flexibility index (Phi) is 2.49. The summed E-state index contributed by atoms with van der Waals surface area (Å²) in [6, 6.07) is 17.6. The van der Waals surface area contributed by atoms with E-state index in [0.717, 1.165) is 0 Å². The SMILES string of the molecule is Cc1cc(C)cc(-c2cc3ccccc3s2)c1. The minimum Gasteiger partial charge on any atom is -0.135 e. The van der Waals surface area contributed by atoms with Gasteiger partial charge in [-0.2, -0.15) is 0 Å². The third-order valence-corrected chi connectivity index (χ3v) is 4.10. The van der Waals surface area contributed by atoms with E-state index in [0.29, 0.717) is 0 Å². The topological polar surface area (TPSA) is 0 Å². The van der Waals surface area contributed by atoms with E-state index in [9.17, 15) is 0 Å². The summed E-state index contributed by atoms with van der Waals surface area (Å²) in [7, 11) is 0. The Morgan fingerprint density at radius 2 is 1.53 bits per heavy atom. The molecule has 2 aromatic carbocycles. The number of thiophene rings is 1. The third-order valence-electron chi connectivity index (χ3n) is 2.93. The Hall–Kier alpha value is -1.60. The Morgan fingerprint density at radius 1 is 0.824 bits per heavy atom. The van der Waals surface area contributed by atoms with Crippen LogP contribution in [0.3, 0.4) is 0 Å². The highest BCUT2D eigenvalue weighted by molar-refractivity contribution is 7.22. The molecule has 17 heavy (non-hydrogen) atoms. The standard InChI is InChI=1S/C16H14S/c1-11-7-12(2)9-14(8-11)16-10-13-5-3-4-6-15(13)17-16/h3-10H,1-2H3. The second-order valence-corrected chi connectivity index (χ2v) is 5.61. The van der Waals surface area contributed by atoms with E-state index >= 15 is 0 Å². The first kappa shape index (κ1) is 10.5. The van der Waals surface area contributed by atoms with Crippen LogP contribution >= 0.6 is 11.3 Å². The van der Waals surface area contributed by atoms with Gasteiger partial charge in [0.1, 0.15) is 0 Å². The predicted molar refractivity (Wildman–Crippen MR) is 76.7 cm³/mol. The van der Waals surface area contributed by atoms with Crippen LogP contribution in [0.1, 0.15) is 11.1 Å². The zero-order valence-electron chi connectivity index (χ0n) is 10.0. The zero-order valence-corrected chi connectivity index (χ0v) is 10.8. The van der Waals surface area contributed by atoms with Crippen LogP contribution in [-0.4, -0.2) is 0 Å². The molecule has 0 atom stereocenters. The second-order valence-electron chi connectivity index (χ2n) is 4.52. The molecule has 0 nitrogen and oxygen atoms in total. The highest BCUT2D eigenvalue weighted by atomic mass is 32.1. The van der Waals surface area contributed by atoms with Crippen molar-refractivity contribution in [2.24, 2.45) is 0 Å². The van der Waals surface area contributed by atoms with Crippen molar-refractivity contribution in [2.75, 3.05) is 0 Å². The van der Waals surface area contributed by atoms with Crippen LogP contribution in [0.15, 0.2) is 48.5 Å². The lowest BCUT2D eigenvalue weighted by atomic mass is 10.1. The number of fused-ring (bicyclic) bond motifs is 1. The van der Waals surface area contributed by atoms with Gasteiger partial charge in [0.05, 0.1) is 0 Å². The van der Waals surface area contributed by atoms with Crippen molar-refractivity contribution in [3.8, 4) is 10.4 Å². The fourth-order valence-electron chi connectivity index (χ4n) is 2.24. The molecule has 0 aliphatic carbocycles. The monoisotopic (exact) mass is 238 g/mol.